The molecule has 0 radical (unpaired) electrons. The Hall–Kier alpha value is -0.980. The predicted molar refractivity (Wildman–Crippen MR) is 50.0 cm³/mol. The zero-order chi connectivity index (χ0) is 8.10. The van der Waals surface area contributed by atoms with Crippen LogP contribution in [0.2, 0.25) is 0 Å². The molecule has 0 amide bonds. The number of benzene rings is 1. The van der Waals surface area contributed by atoms with E-state index in [1.54, 1.807) is 0 Å². The molecule has 1 nitrogen and oxygen atoms in total. The van der Waals surface area contributed by atoms with Crippen LogP contribution in [0.25, 0.3) is 0 Å². The highest BCUT2D eigenvalue weighted by molar-refractivity contribution is 5.50. The van der Waals surface area contributed by atoms with Gasteiger partial charge in [-0.15, -0.1) is 0 Å². The summed E-state index contributed by atoms with van der Waals surface area (Å²) >= 11 is 0. The molecule has 0 aliphatic carbocycles. The van der Waals surface area contributed by atoms with E-state index < -0.39 is 0 Å². The van der Waals surface area contributed by atoms with Gasteiger partial charge in [-0.25, -0.2) is 0 Å². The van der Waals surface area contributed by atoms with Crippen molar-refractivity contribution in [1.82, 2.24) is 0 Å². The van der Waals surface area contributed by atoms with Gasteiger partial charge in [0.15, 0.2) is 0 Å². The largest absolute Gasteiger partial charge is 0.388 e. The molecule has 60 valence electrons. The first kappa shape index (κ1) is 8.12. The van der Waals surface area contributed by atoms with E-state index in [-0.39, 0.29) is 0 Å². The van der Waals surface area contributed by atoms with Gasteiger partial charge in [-0.3, -0.25) is 0 Å². The lowest BCUT2D eigenvalue weighted by molar-refractivity contribution is 0.923. The van der Waals surface area contributed by atoms with Crippen molar-refractivity contribution in [3.63, 3.8) is 0 Å². The van der Waals surface area contributed by atoms with Gasteiger partial charge in [-0.05, 0) is 18.1 Å². The van der Waals surface area contributed by atoms with Crippen LogP contribution in [0.5, 0.6) is 0 Å². The third-order valence-corrected chi connectivity index (χ3v) is 1.81. The van der Waals surface area contributed by atoms with Crippen LogP contribution in [0, 0.1) is 0 Å². The summed E-state index contributed by atoms with van der Waals surface area (Å²) in [7, 11) is 1.97. The van der Waals surface area contributed by atoms with Gasteiger partial charge in [0, 0.05) is 12.7 Å². The van der Waals surface area contributed by atoms with Crippen molar-refractivity contribution in [3.05, 3.63) is 29.8 Å². The molecule has 0 unspecified atom stereocenters. The summed E-state index contributed by atoms with van der Waals surface area (Å²) in [6, 6.07) is 8.44. The molecule has 0 heterocycles. The molecule has 0 aliphatic rings. The van der Waals surface area contributed by atoms with Gasteiger partial charge in [0.1, 0.15) is 0 Å². The van der Waals surface area contributed by atoms with Crippen LogP contribution in [-0.2, 0) is 6.42 Å². The predicted octanol–water partition coefficient (Wildman–Crippen LogP) is 2.68. The minimum absolute atomic E-state index is 1.16. The Bertz CT molecular complexity index is 218. The fraction of sp³-hybridized carbons (Fsp3) is 0.400. The van der Waals surface area contributed by atoms with Gasteiger partial charge in [0.05, 0.1) is 0 Å². The topological polar surface area (TPSA) is 12.0 Å². The first-order valence-corrected chi connectivity index (χ1v) is 4.14. The molecular weight excluding hydrogens is 134 g/mol. The van der Waals surface area contributed by atoms with Crippen molar-refractivity contribution in [1.29, 1.82) is 0 Å². The van der Waals surface area contributed by atoms with Crippen molar-refractivity contribution in [2.45, 2.75) is 19.8 Å². The smallest absolute Gasteiger partial charge is 0.0370 e. The van der Waals surface area contributed by atoms with Crippen molar-refractivity contribution in [2.75, 3.05) is 12.4 Å². The molecule has 1 rings (SSSR count). The maximum atomic E-state index is 3.18. The van der Waals surface area contributed by atoms with Crippen LogP contribution in [0.4, 0.5) is 5.69 Å². The summed E-state index contributed by atoms with van der Waals surface area (Å²) in [5.41, 5.74) is 2.67. The first-order chi connectivity index (χ1) is 5.38. The highest BCUT2D eigenvalue weighted by atomic mass is 14.8. The number of rotatable bonds is 3. The van der Waals surface area contributed by atoms with Gasteiger partial charge in [-0.1, -0.05) is 31.5 Å². The Morgan fingerprint density at radius 3 is 2.64 bits per heavy atom. The maximum absolute atomic E-state index is 3.18. The maximum Gasteiger partial charge on any atom is 0.0370 e. The monoisotopic (exact) mass is 149 g/mol. The molecule has 1 heteroatoms. The Kier molecular flexibility index (Phi) is 2.96. The lowest BCUT2D eigenvalue weighted by Crippen LogP contribution is -1.93. The SMILES string of the molecule is CCCc1ccccc1NC. The molecule has 1 aromatic carbocycles. The Labute approximate surface area is 68.4 Å². The first-order valence-electron chi connectivity index (χ1n) is 4.14. The average Bonchev–Trinajstić information content (AvgIpc) is 2.06. The number of hydrogen-bond acceptors (Lipinski definition) is 1. The normalized spacial score (nSPS) is 9.64. The second-order valence-electron chi connectivity index (χ2n) is 2.66. The number of nitrogens with one attached hydrogen (secondary N) is 1. The number of anilines is 1. The van der Waals surface area contributed by atoms with Gasteiger partial charge < -0.3 is 5.32 Å². The van der Waals surface area contributed by atoms with Crippen LogP contribution in [-0.4, -0.2) is 7.05 Å². The van der Waals surface area contributed by atoms with Gasteiger partial charge in [0.25, 0.3) is 0 Å². The van der Waals surface area contributed by atoms with E-state index in [2.05, 4.69) is 36.5 Å². The zero-order valence-corrected chi connectivity index (χ0v) is 7.22. The molecule has 0 saturated heterocycles. The highest BCUT2D eigenvalue weighted by Gasteiger charge is 1.95. The van der Waals surface area contributed by atoms with Crippen molar-refractivity contribution in [2.24, 2.45) is 0 Å². The summed E-state index contributed by atoms with van der Waals surface area (Å²) in [6.07, 6.45) is 2.37. The zero-order valence-electron chi connectivity index (χ0n) is 7.22. The molecule has 1 N–H and O–H groups in total. The van der Waals surface area contributed by atoms with E-state index in [4.69, 9.17) is 0 Å². The van der Waals surface area contributed by atoms with Crippen LogP contribution < -0.4 is 5.32 Å². The average molecular weight is 149 g/mol. The molecule has 1 aromatic rings. The summed E-state index contributed by atoms with van der Waals surface area (Å²) in [5, 5.41) is 3.18. The van der Waals surface area contributed by atoms with Gasteiger partial charge >= 0.3 is 0 Å². The number of para-hydroxylation sites is 1. The summed E-state index contributed by atoms with van der Waals surface area (Å²) in [4.78, 5) is 0. The highest BCUT2D eigenvalue weighted by Crippen LogP contribution is 2.15. The van der Waals surface area contributed by atoms with E-state index in [1.807, 2.05) is 7.05 Å². The van der Waals surface area contributed by atoms with Crippen molar-refractivity contribution in [3.8, 4) is 0 Å². The molecule has 0 fully saturated rings. The summed E-state index contributed by atoms with van der Waals surface area (Å²) < 4.78 is 0. The molecule has 0 aromatic heterocycles. The molecular formula is C10H15N. The number of hydrogen-bond donors (Lipinski definition) is 1. The Morgan fingerprint density at radius 1 is 1.27 bits per heavy atom. The lowest BCUT2D eigenvalue weighted by Gasteiger charge is -2.06. The fourth-order valence-electron chi connectivity index (χ4n) is 1.25. The van der Waals surface area contributed by atoms with E-state index >= 15 is 0 Å². The number of aryl methyl sites for hydroxylation is 1. The summed E-state index contributed by atoms with van der Waals surface area (Å²) in [6.45, 7) is 2.20. The minimum atomic E-state index is 1.16. The standard InChI is InChI=1S/C10H15N/c1-3-6-9-7-4-5-8-10(9)11-2/h4-5,7-8,11H,3,6H2,1-2H3. The molecule has 11 heavy (non-hydrogen) atoms. The third kappa shape index (κ3) is 1.97. The summed E-state index contributed by atoms with van der Waals surface area (Å²) in [5.74, 6) is 0. The van der Waals surface area contributed by atoms with Crippen molar-refractivity contribution < 1.29 is 0 Å². The Morgan fingerprint density at radius 2 is 2.00 bits per heavy atom. The minimum Gasteiger partial charge on any atom is -0.388 e. The Balaban J connectivity index is 2.83. The molecule has 0 saturated carbocycles. The molecule has 0 spiro atoms. The van der Waals surface area contributed by atoms with Crippen LogP contribution >= 0.6 is 0 Å². The molecule has 0 atom stereocenters. The lowest BCUT2D eigenvalue weighted by atomic mass is 10.1. The van der Waals surface area contributed by atoms with Crippen LogP contribution in [0.3, 0.4) is 0 Å². The van der Waals surface area contributed by atoms with Crippen LogP contribution in [0.1, 0.15) is 18.9 Å². The van der Waals surface area contributed by atoms with E-state index in [0.29, 0.717) is 0 Å². The van der Waals surface area contributed by atoms with E-state index in [1.165, 1.54) is 17.7 Å². The van der Waals surface area contributed by atoms with E-state index in [0.717, 1.165) is 6.42 Å². The molecule has 0 bridgehead atoms. The quantitative estimate of drug-likeness (QED) is 0.696. The third-order valence-electron chi connectivity index (χ3n) is 1.81. The second-order valence-corrected chi connectivity index (χ2v) is 2.66. The van der Waals surface area contributed by atoms with E-state index in [9.17, 15) is 0 Å². The fourth-order valence-corrected chi connectivity index (χ4v) is 1.25. The van der Waals surface area contributed by atoms with Gasteiger partial charge in [0.2, 0.25) is 0 Å². The molecule has 0 aliphatic heterocycles. The van der Waals surface area contributed by atoms with Crippen LogP contribution in [0.15, 0.2) is 24.3 Å². The second kappa shape index (κ2) is 4.02. The van der Waals surface area contributed by atoms with Crippen molar-refractivity contribution >= 4 is 5.69 Å². The van der Waals surface area contributed by atoms with Gasteiger partial charge in [-0.2, -0.15) is 0 Å².